The molecule has 2 atom stereocenters. The molecule has 0 radical (unpaired) electrons. The molecule has 0 bridgehead atoms. The zero-order valence-corrected chi connectivity index (χ0v) is 10.2. The first-order valence-electron chi connectivity index (χ1n) is 5.59. The van der Waals surface area contributed by atoms with E-state index in [0.717, 1.165) is 24.3 Å². The molecule has 0 spiro atoms. The lowest BCUT2D eigenvalue weighted by Crippen LogP contribution is -2.21. The molecule has 20 heavy (non-hydrogen) atoms. The van der Waals surface area contributed by atoms with E-state index in [2.05, 4.69) is 0 Å². The molecule has 7 heteroatoms. The largest absolute Gasteiger partial charge is 0.481 e. The van der Waals surface area contributed by atoms with E-state index in [9.17, 15) is 24.2 Å². The van der Waals surface area contributed by atoms with Crippen LogP contribution in [0.25, 0.3) is 6.08 Å². The van der Waals surface area contributed by atoms with Crippen molar-refractivity contribution in [3.8, 4) is 0 Å². The Labute approximate surface area is 113 Å². The number of carboxylic acids is 2. The zero-order chi connectivity index (χ0) is 15.3. The summed E-state index contributed by atoms with van der Waals surface area (Å²) in [5.41, 5.74) is -0.00309. The molecule has 0 fully saturated rings. The number of hydrogen-bond acceptors (Lipinski definition) is 4. The van der Waals surface area contributed by atoms with Crippen LogP contribution >= 0.6 is 0 Å². The number of halogens is 1. The second-order valence-electron chi connectivity index (χ2n) is 4.06. The van der Waals surface area contributed by atoms with Crippen molar-refractivity contribution in [1.29, 1.82) is 0 Å². The van der Waals surface area contributed by atoms with Crippen LogP contribution in [0.15, 0.2) is 24.3 Å². The van der Waals surface area contributed by atoms with Crippen LogP contribution in [0.3, 0.4) is 0 Å². The second-order valence-corrected chi connectivity index (χ2v) is 4.06. The molecule has 4 N–H and O–H groups in total. The summed E-state index contributed by atoms with van der Waals surface area (Å²) >= 11 is 0. The Kier molecular flexibility index (Phi) is 5.36. The predicted octanol–water partition coefficient (Wildman–Crippen LogP) is 0.793. The van der Waals surface area contributed by atoms with Crippen LogP contribution in [0.5, 0.6) is 0 Å². The van der Waals surface area contributed by atoms with Crippen LogP contribution in [-0.2, 0) is 9.59 Å². The van der Waals surface area contributed by atoms with Gasteiger partial charge in [-0.2, -0.15) is 0 Å². The molecule has 1 rings (SSSR count). The number of aliphatic hydroxyl groups is 2. The molecule has 0 aliphatic rings. The van der Waals surface area contributed by atoms with Crippen molar-refractivity contribution >= 4 is 18.0 Å². The Morgan fingerprint density at radius 1 is 1.25 bits per heavy atom. The summed E-state index contributed by atoms with van der Waals surface area (Å²) in [4.78, 5) is 20.8. The SMILES string of the molecule is O=C(O)/C=C/c1cc(C(O)C(O)CC(=O)O)ccc1F. The molecule has 0 aromatic heterocycles. The van der Waals surface area contributed by atoms with Gasteiger partial charge in [0.1, 0.15) is 11.9 Å². The van der Waals surface area contributed by atoms with Crippen molar-refractivity contribution in [2.24, 2.45) is 0 Å². The van der Waals surface area contributed by atoms with Crippen LogP contribution in [0.4, 0.5) is 4.39 Å². The molecule has 0 saturated heterocycles. The van der Waals surface area contributed by atoms with Crippen LogP contribution in [0.2, 0.25) is 0 Å². The van der Waals surface area contributed by atoms with E-state index in [1.807, 2.05) is 0 Å². The Balaban J connectivity index is 2.99. The molecule has 1 aromatic rings. The fourth-order valence-corrected chi connectivity index (χ4v) is 1.55. The van der Waals surface area contributed by atoms with Crippen molar-refractivity contribution in [3.05, 3.63) is 41.2 Å². The maximum absolute atomic E-state index is 13.4. The lowest BCUT2D eigenvalue weighted by molar-refractivity contribution is -0.141. The molecule has 0 aliphatic carbocycles. The van der Waals surface area contributed by atoms with Gasteiger partial charge in [-0.15, -0.1) is 0 Å². The first-order valence-corrected chi connectivity index (χ1v) is 5.59. The minimum Gasteiger partial charge on any atom is -0.481 e. The monoisotopic (exact) mass is 284 g/mol. The van der Waals surface area contributed by atoms with E-state index in [4.69, 9.17) is 10.2 Å². The summed E-state index contributed by atoms with van der Waals surface area (Å²) in [6, 6.07) is 3.32. The van der Waals surface area contributed by atoms with Gasteiger partial charge >= 0.3 is 11.9 Å². The van der Waals surface area contributed by atoms with Crippen LogP contribution < -0.4 is 0 Å². The predicted molar refractivity (Wildman–Crippen MR) is 66.3 cm³/mol. The number of hydrogen-bond donors (Lipinski definition) is 4. The molecule has 0 saturated carbocycles. The quantitative estimate of drug-likeness (QED) is 0.574. The molecule has 2 unspecified atom stereocenters. The van der Waals surface area contributed by atoms with Gasteiger partial charge in [0.15, 0.2) is 0 Å². The summed E-state index contributed by atoms with van der Waals surface area (Å²) in [6.07, 6.45) is -2.00. The first-order chi connectivity index (χ1) is 9.31. The highest BCUT2D eigenvalue weighted by Crippen LogP contribution is 2.22. The number of benzene rings is 1. The van der Waals surface area contributed by atoms with Gasteiger partial charge < -0.3 is 20.4 Å². The topological polar surface area (TPSA) is 115 Å². The van der Waals surface area contributed by atoms with E-state index in [1.54, 1.807) is 0 Å². The van der Waals surface area contributed by atoms with Gasteiger partial charge in [0.2, 0.25) is 0 Å². The third-order valence-corrected chi connectivity index (χ3v) is 2.52. The minimum atomic E-state index is -1.55. The van der Waals surface area contributed by atoms with Crippen LogP contribution in [-0.4, -0.2) is 38.5 Å². The smallest absolute Gasteiger partial charge is 0.328 e. The Bertz CT molecular complexity index is 540. The summed E-state index contributed by atoms with van der Waals surface area (Å²) in [6.45, 7) is 0. The maximum Gasteiger partial charge on any atom is 0.328 e. The summed E-state index contributed by atoms with van der Waals surface area (Å²) in [7, 11) is 0. The van der Waals surface area contributed by atoms with Crippen molar-refractivity contribution < 1.29 is 34.4 Å². The van der Waals surface area contributed by atoms with Gasteiger partial charge in [0.05, 0.1) is 12.5 Å². The average Bonchev–Trinajstić information content (AvgIpc) is 2.36. The van der Waals surface area contributed by atoms with Gasteiger partial charge in [-0.1, -0.05) is 6.07 Å². The van der Waals surface area contributed by atoms with Crippen molar-refractivity contribution in [3.63, 3.8) is 0 Å². The summed E-state index contributed by atoms with van der Waals surface area (Å²) in [5, 5.41) is 36.2. The number of carbonyl (C=O) groups is 2. The van der Waals surface area contributed by atoms with Crippen molar-refractivity contribution in [1.82, 2.24) is 0 Å². The number of carboxylic acid groups (broad SMARTS) is 2. The fourth-order valence-electron chi connectivity index (χ4n) is 1.55. The van der Waals surface area contributed by atoms with E-state index in [1.165, 1.54) is 6.07 Å². The van der Waals surface area contributed by atoms with Gasteiger partial charge in [-0.05, 0) is 23.8 Å². The highest BCUT2D eigenvalue weighted by atomic mass is 19.1. The highest BCUT2D eigenvalue weighted by molar-refractivity contribution is 5.85. The standard InChI is InChI=1S/C13H13FO6/c14-9-3-1-8(5-7(9)2-4-11(16)17)13(20)10(15)6-12(18)19/h1-5,10,13,15,20H,6H2,(H,16,17)(H,18,19)/b4-2+. The number of rotatable bonds is 6. The van der Waals surface area contributed by atoms with Crippen molar-refractivity contribution in [2.45, 2.75) is 18.6 Å². The van der Waals surface area contributed by atoms with E-state index >= 15 is 0 Å². The molecular formula is C13H13FO6. The minimum absolute atomic E-state index is 0.0881. The molecule has 108 valence electrons. The second kappa shape index (κ2) is 6.78. The van der Waals surface area contributed by atoms with Crippen LogP contribution in [0, 0.1) is 5.82 Å². The van der Waals surface area contributed by atoms with Crippen LogP contribution in [0.1, 0.15) is 23.7 Å². The summed E-state index contributed by atoms with van der Waals surface area (Å²) < 4.78 is 13.4. The molecule has 1 aromatic carbocycles. The Hall–Kier alpha value is -2.25. The lowest BCUT2D eigenvalue weighted by atomic mass is 9.99. The third-order valence-electron chi connectivity index (χ3n) is 2.52. The van der Waals surface area contributed by atoms with Gasteiger partial charge in [-0.25, -0.2) is 9.18 Å². The molecular weight excluding hydrogens is 271 g/mol. The molecule has 6 nitrogen and oxygen atoms in total. The molecule has 0 heterocycles. The average molecular weight is 284 g/mol. The number of aliphatic hydroxyl groups excluding tert-OH is 2. The maximum atomic E-state index is 13.4. The van der Waals surface area contributed by atoms with Crippen molar-refractivity contribution in [2.75, 3.05) is 0 Å². The zero-order valence-electron chi connectivity index (χ0n) is 10.2. The van der Waals surface area contributed by atoms with Gasteiger partial charge in [0, 0.05) is 11.6 Å². The van der Waals surface area contributed by atoms with E-state index in [-0.39, 0.29) is 11.1 Å². The highest BCUT2D eigenvalue weighted by Gasteiger charge is 2.21. The summed E-state index contributed by atoms with van der Waals surface area (Å²) in [5.74, 6) is -3.25. The Morgan fingerprint density at radius 3 is 2.45 bits per heavy atom. The molecule has 0 aliphatic heterocycles. The third kappa shape index (κ3) is 4.45. The Morgan fingerprint density at radius 2 is 1.90 bits per heavy atom. The van der Waals surface area contributed by atoms with Gasteiger partial charge in [-0.3, -0.25) is 4.79 Å². The lowest BCUT2D eigenvalue weighted by Gasteiger charge is -2.17. The normalized spacial score (nSPS) is 14.2. The fraction of sp³-hybridized carbons (Fsp3) is 0.231. The number of aliphatic carboxylic acids is 2. The van der Waals surface area contributed by atoms with E-state index in [0.29, 0.717) is 0 Å². The molecule has 0 amide bonds. The first kappa shape index (κ1) is 15.8. The van der Waals surface area contributed by atoms with Gasteiger partial charge in [0.25, 0.3) is 0 Å². The van der Waals surface area contributed by atoms with E-state index < -0.39 is 36.4 Å².